The number of carbonyl (C=O) groups is 1. The summed E-state index contributed by atoms with van der Waals surface area (Å²) in [6, 6.07) is 0.984. The number of benzene rings is 1. The Morgan fingerprint density at radius 3 is 2.35 bits per heavy atom. The Kier molecular flexibility index (Phi) is 6.41. The van der Waals surface area contributed by atoms with Gasteiger partial charge in [-0.1, -0.05) is 48.1 Å². The summed E-state index contributed by atoms with van der Waals surface area (Å²) in [5.74, 6) is -0.850. The molecule has 0 radical (unpaired) electrons. The van der Waals surface area contributed by atoms with Crippen LogP contribution >= 0.6 is 45.5 Å². The molecular weight excluding hydrogens is 370 g/mol. The van der Waals surface area contributed by atoms with Crippen molar-refractivity contribution in [2.24, 2.45) is 0 Å². The topological polar surface area (TPSA) is 60.4 Å². The van der Waals surface area contributed by atoms with Gasteiger partial charge >= 0.3 is 5.97 Å². The van der Waals surface area contributed by atoms with E-state index in [9.17, 15) is 13.2 Å². The van der Waals surface area contributed by atoms with E-state index in [2.05, 4.69) is 0 Å². The average Bonchev–Trinajstić information content (AvgIpc) is 2.33. The third-order valence-corrected chi connectivity index (χ3v) is 4.96. The molecule has 0 saturated heterocycles. The van der Waals surface area contributed by atoms with Gasteiger partial charge in [-0.3, -0.25) is 0 Å². The molecule has 20 heavy (non-hydrogen) atoms. The monoisotopic (exact) mass is 378 g/mol. The van der Waals surface area contributed by atoms with Crippen molar-refractivity contribution in [2.75, 3.05) is 6.61 Å². The van der Waals surface area contributed by atoms with Gasteiger partial charge in [0.1, 0.15) is 4.90 Å². The SMILES string of the molecule is CCCCOC(=O)c1c(Cl)c(Cl)cc(S(=O)(=O)Cl)c1Cl. The van der Waals surface area contributed by atoms with Crippen molar-refractivity contribution in [3.05, 3.63) is 26.7 Å². The Balaban J connectivity index is 3.32. The fraction of sp³-hybridized carbons (Fsp3) is 0.364. The fourth-order valence-electron chi connectivity index (χ4n) is 1.32. The lowest BCUT2D eigenvalue weighted by molar-refractivity contribution is 0.0500. The average molecular weight is 380 g/mol. The number of unbranched alkanes of at least 4 members (excludes halogenated alkanes) is 1. The standard InChI is InChI=1S/C11H10Cl4O4S/c1-2-3-4-19-11(16)8-9(13)6(12)5-7(10(8)14)20(15,17)18/h5H,2-4H2,1H3. The van der Waals surface area contributed by atoms with Gasteiger partial charge in [-0.25, -0.2) is 13.2 Å². The van der Waals surface area contributed by atoms with Crippen LogP contribution in [0.15, 0.2) is 11.0 Å². The van der Waals surface area contributed by atoms with E-state index in [0.29, 0.717) is 6.42 Å². The molecule has 0 unspecified atom stereocenters. The molecular formula is C11H10Cl4O4S. The molecule has 0 atom stereocenters. The van der Waals surface area contributed by atoms with Crippen LogP contribution in [0.25, 0.3) is 0 Å². The second kappa shape index (κ2) is 7.18. The predicted octanol–water partition coefficient (Wildman–Crippen LogP) is 4.53. The third-order valence-electron chi connectivity index (χ3n) is 2.32. The summed E-state index contributed by atoms with van der Waals surface area (Å²) in [7, 11) is 1.06. The molecule has 0 aliphatic heterocycles. The molecule has 0 N–H and O–H groups in total. The summed E-state index contributed by atoms with van der Waals surface area (Å²) in [4.78, 5) is 11.4. The molecule has 1 aromatic rings. The molecule has 0 saturated carbocycles. The van der Waals surface area contributed by atoms with Crippen LogP contribution in [0, 0.1) is 0 Å². The molecule has 9 heteroatoms. The van der Waals surface area contributed by atoms with Crippen LogP contribution in [0.5, 0.6) is 0 Å². The van der Waals surface area contributed by atoms with Gasteiger partial charge in [-0.2, -0.15) is 0 Å². The quantitative estimate of drug-likeness (QED) is 0.326. The minimum Gasteiger partial charge on any atom is -0.462 e. The van der Waals surface area contributed by atoms with Crippen LogP contribution in [0.4, 0.5) is 0 Å². The molecule has 0 aliphatic rings. The van der Waals surface area contributed by atoms with Crippen LogP contribution in [0.2, 0.25) is 15.1 Å². The van der Waals surface area contributed by atoms with E-state index >= 15 is 0 Å². The minimum absolute atomic E-state index is 0.155. The molecule has 0 bridgehead atoms. The largest absolute Gasteiger partial charge is 0.462 e. The second-order valence-electron chi connectivity index (χ2n) is 3.79. The lowest BCUT2D eigenvalue weighted by Gasteiger charge is -2.11. The highest BCUT2D eigenvalue weighted by molar-refractivity contribution is 8.13. The van der Waals surface area contributed by atoms with Crippen LogP contribution in [0.1, 0.15) is 30.1 Å². The molecule has 1 aromatic carbocycles. The van der Waals surface area contributed by atoms with Crippen LogP contribution in [0.3, 0.4) is 0 Å². The first kappa shape index (κ1) is 17.9. The van der Waals surface area contributed by atoms with Gasteiger partial charge < -0.3 is 4.74 Å². The number of rotatable bonds is 5. The number of hydrogen-bond acceptors (Lipinski definition) is 4. The van der Waals surface area contributed by atoms with Crippen molar-refractivity contribution in [2.45, 2.75) is 24.7 Å². The molecule has 0 aliphatic carbocycles. The smallest absolute Gasteiger partial charge is 0.341 e. The van der Waals surface area contributed by atoms with Crippen molar-refractivity contribution in [1.82, 2.24) is 0 Å². The third kappa shape index (κ3) is 4.15. The summed E-state index contributed by atoms with van der Waals surface area (Å²) < 4.78 is 27.7. The van der Waals surface area contributed by atoms with Gasteiger partial charge in [0, 0.05) is 10.7 Å². The van der Waals surface area contributed by atoms with Crippen molar-refractivity contribution >= 4 is 60.5 Å². The molecule has 0 aromatic heterocycles. The second-order valence-corrected chi connectivity index (χ2v) is 7.48. The highest BCUT2D eigenvalue weighted by Crippen LogP contribution is 2.38. The number of halogens is 4. The molecule has 112 valence electrons. The zero-order chi connectivity index (χ0) is 15.5. The molecule has 0 fully saturated rings. The molecule has 1 rings (SSSR count). The Bertz CT molecular complexity index is 628. The van der Waals surface area contributed by atoms with Crippen molar-refractivity contribution in [3.8, 4) is 0 Å². The first-order chi connectivity index (χ1) is 9.20. The lowest BCUT2D eigenvalue weighted by atomic mass is 10.2. The molecule has 0 spiro atoms. The summed E-state index contributed by atoms with van der Waals surface area (Å²) in [6.07, 6.45) is 1.48. The zero-order valence-corrected chi connectivity index (χ0v) is 14.1. The van der Waals surface area contributed by atoms with E-state index in [-0.39, 0.29) is 22.2 Å². The van der Waals surface area contributed by atoms with Gasteiger partial charge in [0.25, 0.3) is 9.05 Å². The number of carbonyl (C=O) groups excluding carboxylic acids is 1. The molecule has 0 heterocycles. The number of esters is 1. The maximum Gasteiger partial charge on any atom is 0.341 e. The first-order valence-corrected chi connectivity index (χ1v) is 8.93. The van der Waals surface area contributed by atoms with E-state index in [1.54, 1.807) is 0 Å². The van der Waals surface area contributed by atoms with Gasteiger partial charge in [0.2, 0.25) is 0 Å². The maximum absolute atomic E-state index is 11.9. The minimum atomic E-state index is -4.16. The van der Waals surface area contributed by atoms with Crippen LogP contribution in [-0.2, 0) is 13.8 Å². The first-order valence-electron chi connectivity index (χ1n) is 5.49. The van der Waals surface area contributed by atoms with E-state index < -0.39 is 24.9 Å². The normalized spacial score (nSPS) is 11.4. The Morgan fingerprint density at radius 2 is 1.85 bits per heavy atom. The predicted molar refractivity (Wildman–Crippen MR) is 79.7 cm³/mol. The summed E-state index contributed by atoms with van der Waals surface area (Å²) in [6.45, 7) is 2.09. The van der Waals surface area contributed by atoms with Crippen LogP contribution in [-0.4, -0.2) is 21.0 Å². The van der Waals surface area contributed by atoms with E-state index in [4.69, 9.17) is 50.2 Å². The van der Waals surface area contributed by atoms with Crippen LogP contribution < -0.4 is 0 Å². The number of hydrogen-bond donors (Lipinski definition) is 0. The van der Waals surface area contributed by atoms with Gasteiger partial charge in [0.05, 0.1) is 27.2 Å². The summed E-state index contributed by atoms with van der Waals surface area (Å²) in [5.41, 5.74) is -0.309. The van der Waals surface area contributed by atoms with Crippen molar-refractivity contribution in [3.63, 3.8) is 0 Å². The molecule has 4 nitrogen and oxygen atoms in total. The van der Waals surface area contributed by atoms with Crippen molar-refractivity contribution in [1.29, 1.82) is 0 Å². The molecule has 0 amide bonds. The Morgan fingerprint density at radius 1 is 1.25 bits per heavy atom. The van der Waals surface area contributed by atoms with Gasteiger partial charge in [-0.15, -0.1) is 0 Å². The zero-order valence-electron chi connectivity index (χ0n) is 10.3. The number of ether oxygens (including phenoxy) is 1. The van der Waals surface area contributed by atoms with E-state index in [1.165, 1.54) is 0 Å². The van der Waals surface area contributed by atoms with Gasteiger partial charge in [-0.05, 0) is 12.5 Å². The van der Waals surface area contributed by atoms with Gasteiger partial charge in [0.15, 0.2) is 0 Å². The lowest BCUT2D eigenvalue weighted by Crippen LogP contribution is -2.10. The highest BCUT2D eigenvalue weighted by Gasteiger charge is 2.27. The fourth-order valence-corrected chi connectivity index (χ4v) is 3.45. The van der Waals surface area contributed by atoms with Crippen molar-refractivity contribution < 1.29 is 17.9 Å². The van der Waals surface area contributed by atoms with E-state index in [1.807, 2.05) is 6.92 Å². The highest BCUT2D eigenvalue weighted by atomic mass is 35.7. The maximum atomic E-state index is 11.9. The van der Waals surface area contributed by atoms with E-state index in [0.717, 1.165) is 12.5 Å². The Labute approximate surface area is 136 Å². The summed E-state index contributed by atoms with van der Waals surface area (Å²) >= 11 is 17.5. The Hall–Kier alpha value is -0.200. The summed E-state index contributed by atoms with van der Waals surface area (Å²) in [5, 5.41) is -0.740.